The van der Waals surface area contributed by atoms with E-state index in [1.807, 2.05) is 31.2 Å². The van der Waals surface area contributed by atoms with Crippen molar-refractivity contribution in [1.82, 2.24) is 4.90 Å². The molecule has 2 amide bonds. The van der Waals surface area contributed by atoms with Crippen molar-refractivity contribution in [3.05, 3.63) is 29.8 Å². The fourth-order valence-corrected chi connectivity index (χ4v) is 2.08. The number of aliphatic carboxylic acids is 1. The van der Waals surface area contributed by atoms with Crippen LogP contribution in [0.1, 0.15) is 24.8 Å². The van der Waals surface area contributed by atoms with E-state index in [-0.39, 0.29) is 19.0 Å². The van der Waals surface area contributed by atoms with Gasteiger partial charge in [-0.2, -0.15) is 0 Å². The lowest BCUT2D eigenvalue weighted by atomic mass is 10.2. The predicted molar refractivity (Wildman–Crippen MR) is 77.0 cm³/mol. The number of anilines is 1. The van der Waals surface area contributed by atoms with Gasteiger partial charge in [-0.05, 0) is 31.9 Å². The van der Waals surface area contributed by atoms with Gasteiger partial charge >= 0.3 is 12.0 Å². The molecule has 5 heteroatoms. The van der Waals surface area contributed by atoms with Crippen LogP contribution in [0.2, 0.25) is 0 Å². The van der Waals surface area contributed by atoms with Gasteiger partial charge in [0.15, 0.2) is 0 Å². The molecule has 1 aliphatic rings. The van der Waals surface area contributed by atoms with Crippen LogP contribution in [0.4, 0.5) is 10.5 Å². The van der Waals surface area contributed by atoms with Gasteiger partial charge in [-0.3, -0.25) is 9.69 Å². The number of urea groups is 1. The van der Waals surface area contributed by atoms with Gasteiger partial charge in [-0.25, -0.2) is 4.79 Å². The Morgan fingerprint density at radius 2 is 1.85 bits per heavy atom. The summed E-state index contributed by atoms with van der Waals surface area (Å²) in [6.07, 6.45) is 2.00. The second-order valence-electron chi connectivity index (χ2n) is 5.26. The van der Waals surface area contributed by atoms with Gasteiger partial charge in [-0.15, -0.1) is 0 Å². The van der Waals surface area contributed by atoms with E-state index in [1.54, 1.807) is 16.8 Å². The molecule has 0 atom stereocenters. The minimum absolute atomic E-state index is 0.0574. The van der Waals surface area contributed by atoms with Crippen molar-refractivity contribution in [2.75, 3.05) is 18.5 Å². The van der Waals surface area contributed by atoms with Crippen LogP contribution in [0.5, 0.6) is 0 Å². The van der Waals surface area contributed by atoms with E-state index in [9.17, 15) is 9.59 Å². The monoisotopic (exact) mass is 276 g/mol. The van der Waals surface area contributed by atoms with E-state index < -0.39 is 5.97 Å². The minimum atomic E-state index is -0.899. The zero-order valence-corrected chi connectivity index (χ0v) is 11.9. The van der Waals surface area contributed by atoms with Crippen LogP contribution in [0.15, 0.2) is 24.3 Å². The molecule has 1 fully saturated rings. The molecule has 0 unspecified atom stereocenters. The first-order chi connectivity index (χ1) is 9.49. The average Bonchev–Trinajstić information content (AvgIpc) is 3.24. The largest absolute Gasteiger partial charge is 0.481 e. The van der Waals surface area contributed by atoms with E-state index >= 15 is 0 Å². The summed E-state index contributed by atoms with van der Waals surface area (Å²) in [5.74, 6) is -0.899. The summed E-state index contributed by atoms with van der Waals surface area (Å²) in [5, 5.41) is 8.84. The summed E-state index contributed by atoms with van der Waals surface area (Å²) < 4.78 is 0. The minimum Gasteiger partial charge on any atom is -0.481 e. The maximum Gasteiger partial charge on any atom is 0.324 e. The molecule has 1 saturated carbocycles. The summed E-state index contributed by atoms with van der Waals surface area (Å²) in [5.41, 5.74) is 1.85. The van der Waals surface area contributed by atoms with E-state index in [2.05, 4.69) is 0 Å². The van der Waals surface area contributed by atoms with E-state index in [1.165, 1.54) is 0 Å². The Kier molecular flexibility index (Phi) is 4.27. The Labute approximate surface area is 118 Å². The fraction of sp³-hybridized carbons (Fsp3) is 0.467. The first kappa shape index (κ1) is 14.4. The molecular formula is C15H20N2O3. The number of aryl methyl sites for hydroxylation is 1. The lowest BCUT2D eigenvalue weighted by Gasteiger charge is -2.28. The summed E-state index contributed by atoms with van der Waals surface area (Å²) in [7, 11) is 1.78. The van der Waals surface area contributed by atoms with Gasteiger partial charge < -0.3 is 10.0 Å². The number of benzene rings is 1. The maximum absolute atomic E-state index is 12.5. The fourth-order valence-electron chi connectivity index (χ4n) is 2.08. The smallest absolute Gasteiger partial charge is 0.324 e. The van der Waals surface area contributed by atoms with Crippen molar-refractivity contribution in [2.24, 2.45) is 0 Å². The standard InChI is InChI=1S/C15H20N2O3/c1-11-3-5-13(6-4-11)17(10-9-14(18)19)15(20)16(2)12-7-8-12/h3-6,12H,7-10H2,1-2H3,(H,18,19). The van der Waals surface area contributed by atoms with E-state index in [0.717, 1.165) is 24.1 Å². The maximum atomic E-state index is 12.5. The summed E-state index contributed by atoms with van der Waals surface area (Å²) in [6, 6.07) is 7.74. The van der Waals surface area contributed by atoms with Gasteiger partial charge in [0.25, 0.3) is 0 Å². The highest BCUT2D eigenvalue weighted by atomic mass is 16.4. The molecule has 2 rings (SSSR count). The topological polar surface area (TPSA) is 60.9 Å². The first-order valence-corrected chi connectivity index (χ1v) is 6.82. The molecule has 0 aliphatic heterocycles. The highest BCUT2D eigenvalue weighted by molar-refractivity contribution is 5.92. The molecule has 0 aromatic heterocycles. The number of hydrogen-bond donors (Lipinski definition) is 1. The number of hydrogen-bond acceptors (Lipinski definition) is 2. The van der Waals surface area contributed by atoms with Crippen molar-refractivity contribution in [1.29, 1.82) is 0 Å². The Balaban J connectivity index is 2.16. The van der Waals surface area contributed by atoms with Crippen LogP contribution in [0.25, 0.3) is 0 Å². The number of amides is 2. The van der Waals surface area contributed by atoms with Gasteiger partial charge in [0.1, 0.15) is 0 Å². The normalized spacial score (nSPS) is 13.9. The Morgan fingerprint density at radius 1 is 1.25 bits per heavy atom. The highest BCUT2D eigenvalue weighted by Gasteiger charge is 2.32. The number of nitrogens with zero attached hydrogens (tertiary/aromatic N) is 2. The molecule has 1 aromatic rings. The SMILES string of the molecule is Cc1ccc(N(CCC(=O)O)C(=O)N(C)C2CC2)cc1. The second-order valence-corrected chi connectivity index (χ2v) is 5.26. The number of carbonyl (C=O) groups is 2. The number of carboxylic acids is 1. The quantitative estimate of drug-likeness (QED) is 0.898. The van der Waals surface area contributed by atoms with Crippen LogP contribution in [0.3, 0.4) is 0 Å². The van der Waals surface area contributed by atoms with Crippen molar-refractivity contribution in [3.8, 4) is 0 Å². The summed E-state index contributed by atoms with van der Waals surface area (Å²) in [4.78, 5) is 26.5. The summed E-state index contributed by atoms with van der Waals surface area (Å²) in [6.45, 7) is 2.16. The molecule has 1 aromatic carbocycles. The third-order valence-electron chi connectivity index (χ3n) is 3.52. The average molecular weight is 276 g/mol. The van der Waals surface area contributed by atoms with Crippen LogP contribution < -0.4 is 4.90 Å². The Morgan fingerprint density at radius 3 is 2.35 bits per heavy atom. The van der Waals surface area contributed by atoms with Gasteiger partial charge in [0.2, 0.25) is 0 Å². The van der Waals surface area contributed by atoms with Crippen molar-refractivity contribution in [3.63, 3.8) is 0 Å². The lowest BCUT2D eigenvalue weighted by Crippen LogP contribution is -2.43. The van der Waals surface area contributed by atoms with Crippen LogP contribution >= 0.6 is 0 Å². The molecule has 1 aliphatic carbocycles. The molecular weight excluding hydrogens is 256 g/mol. The van der Waals surface area contributed by atoms with Gasteiger partial charge in [0.05, 0.1) is 6.42 Å². The zero-order chi connectivity index (χ0) is 14.7. The van der Waals surface area contributed by atoms with Crippen LogP contribution in [-0.2, 0) is 4.79 Å². The molecule has 1 N–H and O–H groups in total. The number of carbonyl (C=O) groups excluding carboxylic acids is 1. The summed E-state index contributed by atoms with van der Waals surface area (Å²) >= 11 is 0. The van der Waals surface area contributed by atoms with E-state index in [4.69, 9.17) is 5.11 Å². The molecule has 0 radical (unpaired) electrons. The lowest BCUT2D eigenvalue weighted by molar-refractivity contribution is -0.136. The molecule has 0 heterocycles. The second kappa shape index (κ2) is 5.94. The number of carboxylic acid groups (broad SMARTS) is 1. The predicted octanol–water partition coefficient (Wildman–Crippen LogP) is 2.49. The van der Waals surface area contributed by atoms with Gasteiger partial charge in [0, 0.05) is 25.3 Å². The molecule has 0 spiro atoms. The zero-order valence-electron chi connectivity index (χ0n) is 11.9. The van der Waals surface area contributed by atoms with Crippen molar-refractivity contribution >= 4 is 17.7 Å². The molecule has 0 saturated heterocycles. The Hall–Kier alpha value is -2.04. The van der Waals surface area contributed by atoms with Gasteiger partial charge in [-0.1, -0.05) is 17.7 Å². The van der Waals surface area contributed by atoms with Crippen molar-refractivity contribution in [2.45, 2.75) is 32.2 Å². The third kappa shape index (κ3) is 3.50. The molecule has 108 valence electrons. The van der Waals surface area contributed by atoms with Crippen molar-refractivity contribution < 1.29 is 14.7 Å². The first-order valence-electron chi connectivity index (χ1n) is 6.82. The molecule has 5 nitrogen and oxygen atoms in total. The molecule has 20 heavy (non-hydrogen) atoms. The van der Waals surface area contributed by atoms with Crippen LogP contribution in [0, 0.1) is 6.92 Å². The molecule has 0 bridgehead atoms. The van der Waals surface area contributed by atoms with Crippen LogP contribution in [-0.4, -0.2) is 41.6 Å². The number of rotatable bonds is 5. The third-order valence-corrected chi connectivity index (χ3v) is 3.52. The Bertz CT molecular complexity index is 494. The van der Waals surface area contributed by atoms with E-state index in [0.29, 0.717) is 6.04 Å². The highest BCUT2D eigenvalue weighted by Crippen LogP contribution is 2.27.